The Balaban J connectivity index is 2.47. The topological polar surface area (TPSA) is 62.8 Å². The molecule has 0 saturated carbocycles. The summed E-state index contributed by atoms with van der Waals surface area (Å²) >= 11 is 0. The summed E-state index contributed by atoms with van der Waals surface area (Å²) in [5.74, 6) is 0. The van der Waals surface area contributed by atoms with Crippen molar-refractivity contribution in [1.82, 2.24) is 0 Å². The maximum atomic E-state index is 5.92. The van der Waals surface area contributed by atoms with Crippen molar-refractivity contribution in [3.8, 4) is 0 Å². The summed E-state index contributed by atoms with van der Waals surface area (Å²) in [5.41, 5.74) is 11.4. The average Bonchev–Trinajstić information content (AvgIpc) is 2.40. The number of fused-ring (bicyclic) bond motifs is 1. The van der Waals surface area contributed by atoms with Gasteiger partial charge in [0, 0.05) is 18.9 Å². The average molecular weight is 254 g/mol. The van der Waals surface area contributed by atoms with E-state index >= 15 is 0 Å². The van der Waals surface area contributed by atoms with Crippen LogP contribution in [0.2, 0.25) is 0 Å². The highest BCUT2D eigenvalue weighted by Crippen LogP contribution is 2.34. The van der Waals surface area contributed by atoms with E-state index in [4.69, 9.17) is 5.73 Å². The first-order chi connectivity index (χ1) is 9.15. The second-order valence-corrected chi connectivity index (χ2v) is 4.32. The van der Waals surface area contributed by atoms with Crippen molar-refractivity contribution in [1.29, 1.82) is 0 Å². The van der Waals surface area contributed by atoms with Crippen LogP contribution < -0.4 is 11.1 Å². The lowest BCUT2D eigenvalue weighted by Crippen LogP contribution is -2.14. The number of allylic oxidation sites excluding steroid dienone is 3. The Kier molecular flexibility index (Phi) is 3.80. The minimum absolute atomic E-state index is 0.772. The Morgan fingerprint density at radius 1 is 1.37 bits per heavy atom. The molecule has 0 atom stereocenters. The molecule has 1 aromatic rings. The maximum Gasteiger partial charge on any atom is 0.0876 e. The third kappa shape index (κ3) is 2.73. The van der Waals surface area contributed by atoms with E-state index in [1.807, 2.05) is 44.2 Å². The first-order valence-electron chi connectivity index (χ1n) is 6.17. The van der Waals surface area contributed by atoms with Crippen molar-refractivity contribution >= 4 is 29.0 Å². The summed E-state index contributed by atoms with van der Waals surface area (Å²) < 4.78 is 0. The smallest absolute Gasteiger partial charge is 0.0876 e. The molecule has 0 amide bonds. The van der Waals surface area contributed by atoms with Gasteiger partial charge in [-0.15, -0.1) is 0 Å². The number of hydrogen-bond donors (Lipinski definition) is 2. The van der Waals surface area contributed by atoms with Crippen LogP contribution in [0.15, 0.2) is 46.0 Å². The van der Waals surface area contributed by atoms with Crippen molar-refractivity contribution in [2.45, 2.75) is 13.8 Å². The predicted molar refractivity (Wildman–Crippen MR) is 83.6 cm³/mol. The van der Waals surface area contributed by atoms with Gasteiger partial charge in [0.25, 0.3) is 0 Å². The molecule has 0 aliphatic carbocycles. The van der Waals surface area contributed by atoms with Crippen LogP contribution in [0.4, 0.5) is 17.1 Å². The number of anilines is 2. The van der Waals surface area contributed by atoms with Gasteiger partial charge in [-0.2, -0.15) is 0 Å². The summed E-state index contributed by atoms with van der Waals surface area (Å²) in [6, 6.07) is 3.91. The number of nitrogen functional groups attached to an aromatic ring is 1. The molecule has 1 aromatic carbocycles. The number of nitrogens with one attached hydrogen (secondary N) is 1. The Morgan fingerprint density at radius 3 is 2.84 bits per heavy atom. The molecule has 0 unspecified atom stereocenters. The Hall–Kier alpha value is -2.36. The third-order valence-corrected chi connectivity index (χ3v) is 2.95. The Labute approximate surface area is 113 Å². The van der Waals surface area contributed by atoms with Crippen LogP contribution in [0.25, 0.3) is 0 Å². The predicted octanol–water partition coefficient (Wildman–Crippen LogP) is 3.24. The van der Waals surface area contributed by atoms with E-state index in [0.717, 1.165) is 34.0 Å². The molecule has 0 bridgehead atoms. The van der Waals surface area contributed by atoms with Gasteiger partial charge in [0.05, 0.1) is 22.8 Å². The van der Waals surface area contributed by atoms with Gasteiger partial charge in [-0.3, -0.25) is 4.99 Å². The number of rotatable bonds is 2. The molecule has 1 heterocycles. The number of aryl methyl sites for hydroxylation is 1. The summed E-state index contributed by atoms with van der Waals surface area (Å²) in [7, 11) is 1.74. The lowest BCUT2D eigenvalue weighted by Gasteiger charge is -2.20. The van der Waals surface area contributed by atoms with Crippen LogP contribution in [0, 0.1) is 6.92 Å². The van der Waals surface area contributed by atoms with Crippen LogP contribution >= 0.6 is 0 Å². The van der Waals surface area contributed by atoms with Crippen molar-refractivity contribution < 1.29 is 0 Å². The van der Waals surface area contributed by atoms with E-state index in [1.165, 1.54) is 0 Å². The number of nitrogens with zero attached hydrogens (tertiary/aromatic N) is 2. The van der Waals surface area contributed by atoms with E-state index in [9.17, 15) is 0 Å². The molecule has 0 saturated heterocycles. The molecule has 98 valence electrons. The van der Waals surface area contributed by atoms with Crippen molar-refractivity contribution in [2.75, 3.05) is 18.1 Å². The quantitative estimate of drug-likeness (QED) is 0.628. The van der Waals surface area contributed by atoms with Crippen molar-refractivity contribution in [3.05, 3.63) is 41.6 Å². The molecule has 0 aromatic heterocycles. The molecule has 4 heteroatoms. The van der Waals surface area contributed by atoms with Crippen LogP contribution in [-0.2, 0) is 0 Å². The number of benzene rings is 1. The molecule has 0 fully saturated rings. The van der Waals surface area contributed by atoms with Crippen LogP contribution in [0.1, 0.15) is 12.5 Å². The zero-order valence-electron chi connectivity index (χ0n) is 11.4. The molecule has 0 spiro atoms. The molecular weight excluding hydrogens is 236 g/mol. The fourth-order valence-corrected chi connectivity index (χ4v) is 1.87. The van der Waals surface area contributed by atoms with Crippen molar-refractivity contribution in [2.24, 2.45) is 9.98 Å². The first kappa shape index (κ1) is 13.1. The second kappa shape index (κ2) is 5.52. The highest BCUT2D eigenvalue weighted by Gasteiger charge is 2.15. The van der Waals surface area contributed by atoms with Crippen molar-refractivity contribution in [3.63, 3.8) is 0 Å². The van der Waals surface area contributed by atoms with Gasteiger partial charge in [0.15, 0.2) is 0 Å². The van der Waals surface area contributed by atoms with Crippen LogP contribution in [-0.4, -0.2) is 19.0 Å². The largest absolute Gasteiger partial charge is 0.398 e. The standard InChI is InChI=1S/C15H18N4/c1-4-12-13(6-5-7-17-3)19-14-8-10(2)11(16)9-15(14)18-12/h4-9,18H,16H2,1-3H3/b6-5-,12-4+,17-7?. The Bertz CT molecular complexity index is 607. The molecule has 1 aliphatic rings. The minimum atomic E-state index is 0.772. The molecule has 19 heavy (non-hydrogen) atoms. The molecule has 4 nitrogen and oxygen atoms in total. The SMILES string of the molecule is C/C=C1/Nc2cc(N)c(C)cc2N=C1/C=C\C=NC. The first-order valence-corrected chi connectivity index (χ1v) is 6.17. The lowest BCUT2D eigenvalue weighted by atomic mass is 10.1. The van der Waals surface area contributed by atoms with E-state index < -0.39 is 0 Å². The van der Waals surface area contributed by atoms with Gasteiger partial charge in [-0.1, -0.05) is 6.08 Å². The number of nitrogens with two attached hydrogens (primary N) is 1. The summed E-state index contributed by atoms with van der Waals surface area (Å²) in [5, 5.41) is 3.35. The maximum absolute atomic E-state index is 5.92. The lowest BCUT2D eigenvalue weighted by molar-refractivity contribution is 1.35. The summed E-state index contributed by atoms with van der Waals surface area (Å²) in [6.07, 6.45) is 7.54. The fourth-order valence-electron chi connectivity index (χ4n) is 1.87. The molecule has 3 N–H and O–H groups in total. The molecule has 1 aliphatic heterocycles. The van der Waals surface area contributed by atoms with Gasteiger partial charge in [-0.25, -0.2) is 4.99 Å². The molecular formula is C15H18N4. The highest BCUT2D eigenvalue weighted by molar-refractivity contribution is 6.15. The minimum Gasteiger partial charge on any atom is -0.398 e. The van der Waals surface area contributed by atoms with Gasteiger partial charge < -0.3 is 11.1 Å². The molecule has 0 radical (unpaired) electrons. The van der Waals surface area contributed by atoms with Crippen LogP contribution in [0.5, 0.6) is 0 Å². The van der Waals surface area contributed by atoms with Gasteiger partial charge >= 0.3 is 0 Å². The zero-order chi connectivity index (χ0) is 13.8. The second-order valence-electron chi connectivity index (χ2n) is 4.32. The van der Waals surface area contributed by atoms with Gasteiger partial charge in [0.1, 0.15) is 0 Å². The van der Waals surface area contributed by atoms with E-state index in [2.05, 4.69) is 15.3 Å². The zero-order valence-corrected chi connectivity index (χ0v) is 11.4. The normalized spacial score (nSPS) is 16.8. The summed E-state index contributed by atoms with van der Waals surface area (Å²) in [4.78, 5) is 8.57. The van der Waals surface area contributed by atoms with Crippen LogP contribution in [0.3, 0.4) is 0 Å². The number of aliphatic imine (C=N–C) groups is 2. The van der Waals surface area contributed by atoms with Gasteiger partial charge in [-0.05, 0) is 43.7 Å². The van der Waals surface area contributed by atoms with Gasteiger partial charge in [0.2, 0.25) is 0 Å². The summed E-state index contributed by atoms with van der Waals surface area (Å²) in [6.45, 7) is 3.96. The van der Waals surface area contributed by atoms with E-state index in [1.54, 1.807) is 13.3 Å². The molecule has 2 rings (SSSR count). The monoisotopic (exact) mass is 254 g/mol. The highest BCUT2D eigenvalue weighted by atomic mass is 15.0. The fraction of sp³-hybridized carbons (Fsp3) is 0.200. The Morgan fingerprint density at radius 2 is 2.16 bits per heavy atom. The number of hydrogen-bond acceptors (Lipinski definition) is 4. The van der Waals surface area contributed by atoms with E-state index in [0.29, 0.717) is 0 Å². The van der Waals surface area contributed by atoms with E-state index in [-0.39, 0.29) is 0 Å². The third-order valence-electron chi connectivity index (χ3n) is 2.95.